The zero-order valence-corrected chi connectivity index (χ0v) is 22.6. The topological polar surface area (TPSA) is 72.9 Å². The minimum Gasteiger partial charge on any atom is -0.443 e. The van der Waals surface area contributed by atoms with E-state index in [0.717, 1.165) is 13.2 Å². The molecule has 0 atom stereocenters. The summed E-state index contributed by atoms with van der Waals surface area (Å²) in [6.45, 7) is 11.7. The summed E-state index contributed by atoms with van der Waals surface area (Å²) in [5.41, 5.74) is -0.817. The van der Waals surface area contributed by atoms with Crippen molar-refractivity contribution in [1.29, 1.82) is 0 Å². The number of hydrogen-bond donors (Lipinski definition) is 0. The van der Waals surface area contributed by atoms with Crippen LogP contribution in [0.2, 0.25) is 25.7 Å². The number of nitrogens with zero attached hydrogens (tertiary/aromatic N) is 1. The average Bonchev–Trinajstić information content (AvgIpc) is 2.42. The first-order valence-electron chi connectivity index (χ1n) is 8.41. The number of ether oxygens (including phenoxy) is 2. The molecule has 0 N–H and O–H groups in total. The van der Waals surface area contributed by atoms with Crippen LogP contribution in [-0.2, 0) is 19.5 Å². The fraction of sp³-hybridized carbons (Fsp3) is 0.588. The predicted octanol–water partition coefficient (Wildman–Crippen LogP) is 5.13. The van der Waals surface area contributed by atoms with E-state index in [4.69, 9.17) is 9.47 Å². The number of halogens is 2. The smallest absolute Gasteiger partial charge is 0.426 e. The van der Waals surface area contributed by atoms with Gasteiger partial charge in [0.15, 0.2) is 0 Å². The van der Waals surface area contributed by atoms with Gasteiger partial charge < -0.3 is 9.47 Å². The minimum atomic E-state index is -4.10. The van der Waals surface area contributed by atoms with Crippen LogP contribution in [0.1, 0.15) is 20.8 Å². The quantitative estimate of drug-likeness (QED) is 0.179. The molecule has 10 heteroatoms. The lowest BCUT2D eigenvalue weighted by molar-refractivity contribution is 0.0145. The Balaban J connectivity index is 3.12. The zero-order valence-electron chi connectivity index (χ0n) is 16.5. The second-order valence-electron chi connectivity index (χ2n) is 8.29. The summed E-state index contributed by atoms with van der Waals surface area (Å²) in [5.74, 6) is 0. The average molecular weight is 639 g/mol. The molecule has 0 aliphatic heterocycles. The Kier molecular flexibility index (Phi) is 9.04. The summed E-state index contributed by atoms with van der Waals surface area (Å²) in [6.07, 6.45) is -0.940. The molecule has 0 aliphatic carbocycles. The van der Waals surface area contributed by atoms with Crippen LogP contribution < -0.4 is 0 Å². The lowest BCUT2D eigenvalue weighted by Crippen LogP contribution is -2.42. The fourth-order valence-corrected chi connectivity index (χ4v) is 6.23. The molecule has 0 heterocycles. The third-order valence-corrected chi connectivity index (χ3v) is 7.84. The Labute approximate surface area is 190 Å². The summed E-state index contributed by atoms with van der Waals surface area (Å²) in [7, 11) is -5.43. The Hall–Kier alpha value is 0.0769. The van der Waals surface area contributed by atoms with Crippen LogP contribution in [0, 0.1) is 7.14 Å². The van der Waals surface area contributed by atoms with Crippen LogP contribution >= 0.6 is 45.2 Å². The number of amides is 1. The molecular formula is C17H27I2NO5SSi. The molecule has 1 rings (SSSR count). The summed E-state index contributed by atoms with van der Waals surface area (Å²) in [4.78, 5) is 12.6. The number of rotatable bonds is 7. The molecule has 0 unspecified atom stereocenters. The molecule has 0 spiro atoms. The van der Waals surface area contributed by atoms with Crippen molar-refractivity contribution in [1.82, 2.24) is 4.31 Å². The summed E-state index contributed by atoms with van der Waals surface area (Å²) >= 11 is 4.09. The highest BCUT2D eigenvalue weighted by Gasteiger charge is 2.34. The van der Waals surface area contributed by atoms with E-state index in [1.165, 1.54) is 12.1 Å². The molecule has 0 fully saturated rings. The lowest BCUT2D eigenvalue weighted by atomic mass is 10.2. The number of benzene rings is 1. The summed E-state index contributed by atoms with van der Waals surface area (Å²) in [5, 5.41) is 0. The van der Waals surface area contributed by atoms with Crippen LogP contribution in [-0.4, -0.2) is 45.8 Å². The first kappa shape index (κ1) is 25.1. The van der Waals surface area contributed by atoms with Gasteiger partial charge in [-0.2, -0.15) is 4.31 Å². The molecule has 1 aromatic carbocycles. The molecule has 0 saturated heterocycles. The van der Waals surface area contributed by atoms with Crippen molar-refractivity contribution in [2.75, 3.05) is 13.3 Å². The maximum atomic E-state index is 13.1. The van der Waals surface area contributed by atoms with Gasteiger partial charge in [0.05, 0.1) is 4.90 Å². The highest BCUT2D eigenvalue weighted by molar-refractivity contribution is 14.1. The van der Waals surface area contributed by atoms with E-state index in [9.17, 15) is 13.2 Å². The van der Waals surface area contributed by atoms with Crippen molar-refractivity contribution in [2.24, 2.45) is 0 Å². The van der Waals surface area contributed by atoms with E-state index in [1.807, 2.05) is 51.2 Å². The Bertz CT molecular complexity index is 752. The van der Waals surface area contributed by atoms with Crippen LogP contribution in [0.5, 0.6) is 0 Å². The van der Waals surface area contributed by atoms with Gasteiger partial charge in [0.2, 0.25) is 0 Å². The largest absolute Gasteiger partial charge is 0.443 e. The van der Waals surface area contributed by atoms with Gasteiger partial charge in [-0.25, -0.2) is 13.2 Å². The van der Waals surface area contributed by atoms with Crippen molar-refractivity contribution in [3.8, 4) is 0 Å². The molecule has 0 saturated carbocycles. The van der Waals surface area contributed by atoms with Crippen LogP contribution in [0.15, 0.2) is 23.1 Å². The molecule has 27 heavy (non-hydrogen) atoms. The van der Waals surface area contributed by atoms with Crippen molar-refractivity contribution in [2.45, 2.75) is 57.0 Å². The monoisotopic (exact) mass is 639 g/mol. The van der Waals surface area contributed by atoms with Crippen LogP contribution in [0.3, 0.4) is 0 Å². The van der Waals surface area contributed by atoms with Crippen molar-refractivity contribution >= 4 is 69.4 Å². The molecular weight excluding hydrogens is 612 g/mol. The Morgan fingerprint density at radius 3 is 2.07 bits per heavy atom. The molecule has 0 aromatic heterocycles. The maximum absolute atomic E-state index is 13.1. The van der Waals surface area contributed by atoms with Crippen molar-refractivity contribution in [3.63, 3.8) is 0 Å². The number of sulfonamides is 1. The first-order chi connectivity index (χ1) is 12.1. The second kappa shape index (κ2) is 9.72. The normalized spacial score (nSPS) is 12.7. The van der Waals surface area contributed by atoms with Gasteiger partial charge >= 0.3 is 6.09 Å². The summed E-state index contributed by atoms with van der Waals surface area (Å²) in [6, 6.07) is 5.77. The van der Waals surface area contributed by atoms with Gasteiger partial charge in [-0.3, -0.25) is 0 Å². The van der Waals surface area contributed by atoms with Crippen molar-refractivity contribution < 1.29 is 22.7 Å². The van der Waals surface area contributed by atoms with Gasteiger partial charge in [-0.1, -0.05) is 19.6 Å². The first-order valence-corrected chi connectivity index (χ1v) is 15.7. The highest BCUT2D eigenvalue weighted by atomic mass is 127. The third kappa shape index (κ3) is 8.96. The van der Waals surface area contributed by atoms with E-state index >= 15 is 0 Å². The van der Waals surface area contributed by atoms with E-state index < -0.39 is 29.8 Å². The Morgan fingerprint density at radius 2 is 1.63 bits per heavy atom. The van der Waals surface area contributed by atoms with Gasteiger partial charge in [0.1, 0.15) is 12.3 Å². The van der Waals surface area contributed by atoms with Gasteiger partial charge in [-0.05, 0) is 90.2 Å². The minimum absolute atomic E-state index is 0.0402. The maximum Gasteiger partial charge on any atom is 0.426 e. The number of carbonyl (C=O) groups excluding carboxylic acids is 1. The van der Waals surface area contributed by atoms with Crippen molar-refractivity contribution in [3.05, 3.63) is 25.3 Å². The van der Waals surface area contributed by atoms with E-state index in [0.29, 0.717) is 10.9 Å². The molecule has 6 nitrogen and oxygen atoms in total. The Morgan fingerprint density at radius 1 is 1.11 bits per heavy atom. The second-order valence-corrected chi connectivity index (χ2v) is 18.3. The molecule has 1 aromatic rings. The van der Waals surface area contributed by atoms with Gasteiger partial charge in [0, 0.05) is 21.8 Å². The van der Waals surface area contributed by atoms with Gasteiger partial charge in [-0.15, -0.1) is 0 Å². The molecule has 1 amide bonds. The SMILES string of the molecule is CC(C)(C)OC(=O)N(COCC[Si](C)(C)C)S(=O)(=O)c1cc(I)cc(I)c1. The zero-order chi connectivity index (χ0) is 21.0. The number of hydrogen-bond acceptors (Lipinski definition) is 5. The summed E-state index contributed by atoms with van der Waals surface area (Å²) < 4.78 is 39.3. The van der Waals surface area contributed by atoms with Gasteiger partial charge in [0.25, 0.3) is 10.0 Å². The molecule has 0 radical (unpaired) electrons. The standard InChI is InChI=1S/C17H27I2NO5SSi/c1-17(2,3)25-16(21)20(12-24-7-8-27(4,5)6)26(22,23)15-10-13(18)9-14(19)11-15/h9-11H,7-8,12H2,1-6H3. The van der Waals surface area contributed by atoms with E-state index in [-0.39, 0.29) is 11.6 Å². The fourth-order valence-electron chi connectivity index (χ4n) is 1.86. The third-order valence-electron chi connectivity index (χ3n) is 3.23. The molecule has 0 bridgehead atoms. The van der Waals surface area contributed by atoms with Crippen LogP contribution in [0.25, 0.3) is 0 Å². The molecule has 154 valence electrons. The van der Waals surface area contributed by atoms with E-state index in [1.54, 1.807) is 20.8 Å². The number of carbonyl (C=O) groups is 1. The highest BCUT2D eigenvalue weighted by Crippen LogP contribution is 2.23. The predicted molar refractivity (Wildman–Crippen MR) is 126 cm³/mol. The molecule has 0 aliphatic rings. The van der Waals surface area contributed by atoms with E-state index in [2.05, 4.69) is 19.6 Å². The van der Waals surface area contributed by atoms with Crippen LogP contribution in [0.4, 0.5) is 4.79 Å². The lowest BCUT2D eigenvalue weighted by Gasteiger charge is -2.27.